The number of ether oxygens (including phenoxy) is 1. The zero-order valence-electron chi connectivity index (χ0n) is 9.77. The van der Waals surface area contributed by atoms with Crippen molar-refractivity contribution in [2.24, 2.45) is 0 Å². The molecule has 0 bridgehead atoms. The predicted molar refractivity (Wildman–Crippen MR) is 71.0 cm³/mol. The lowest BCUT2D eigenvalue weighted by atomic mass is 10.2. The maximum absolute atomic E-state index is 5.67. The van der Waals surface area contributed by atoms with Crippen molar-refractivity contribution in [2.75, 3.05) is 0 Å². The highest BCUT2D eigenvalue weighted by atomic mass is 79.9. The molecule has 0 unspecified atom stereocenters. The Morgan fingerprint density at radius 3 is 3.06 bits per heavy atom. The van der Waals surface area contributed by atoms with Gasteiger partial charge in [0.05, 0.1) is 12.4 Å². The Morgan fingerprint density at radius 1 is 1.41 bits per heavy atom. The fourth-order valence-electron chi connectivity index (χ4n) is 1.56. The molecule has 2 rings (SSSR count). The fraction of sp³-hybridized carbons (Fsp3) is 0.308. The van der Waals surface area contributed by atoms with Gasteiger partial charge in [0.1, 0.15) is 6.61 Å². The molecule has 1 aromatic carbocycles. The molecule has 1 heterocycles. The van der Waals surface area contributed by atoms with Gasteiger partial charge >= 0.3 is 0 Å². The summed E-state index contributed by atoms with van der Waals surface area (Å²) >= 11 is 3.44. The number of aromatic nitrogens is 2. The molecule has 0 aliphatic carbocycles. The molecule has 90 valence electrons. The van der Waals surface area contributed by atoms with Gasteiger partial charge in [0.2, 0.25) is 0 Å². The molecule has 0 aliphatic heterocycles. The van der Waals surface area contributed by atoms with Crippen LogP contribution in [-0.2, 0) is 13.2 Å². The average Bonchev–Trinajstić information content (AvgIpc) is 2.75. The molecule has 3 nitrogen and oxygen atoms in total. The third-order valence-corrected chi connectivity index (χ3v) is 2.85. The summed E-state index contributed by atoms with van der Waals surface area (Å²) in [5.41, 5.74) is 1.14. The van der Waals surface area contributed by atoms with Crippen LogP contribution < -0.4 is 4.74 Å². The van der Waals surface area contributed by atoms with Gasteiger partial charge in [0.15, 0.2) is 5.75 Å². The van der Waals surface area contributed by atoms with Crippen molar-refractivity contribution in [1.82, 2.24) is 9.78 Å². The van der Waals surface area contributed by atoms with Gasteiger partial charge in [-0.3, -0.25) is 4.68 Å². The van der Waals surface area contributed by atoms with E-state index in [4.69, 9.17) is 4.74 Å². The molecule has 4 heteroatoms. The molecule has 0 radical (unpaired) electrons. The predicted octanol–water partition coefficient (Wildman–Crippen LogP) is 3.63. The molecule has 0 fully saturated rings. The summed E-state index contributed by atoms with van der Waals surface area (Å²) in [7, 11) is 0. The summed E-state index contributed by atoms with van der Waals surface area (Å²) in [6, 6.07) is 8.10. The summed E-state index contributed by atoms with van der Waals surface area (Å²) in [6.07, 6.45) is 4.77. The molecule has 0 saturated carbocycles. The van der Waals surface area contributed by atoms with Crippen molar-refractivity contribution in [1.29, 1.82) is 0 Å². The van der Waals surface area contributed by atoms with Crippen LogP contribution in [-0.4, -0.2) is 9.78 Å². The summed E-state index contributed by atoms with van der Waals surface area (Å²) in [6.45, 7) is 3.63. The minimum Gasteiger partial charge on any atom is -0.486 e. The molecular formula is C13H15BrN2O. The van der Waals surface area contributed by atoms with Gasteiger partial charge in [-0.2, -0.15) is 5.10 Å². The van der Waals surface area contributed by atoms with E-state index in [9.17, 15) is 0 Å². The van der Waals surface area contributed by atoms with Crippen molar-refractivity contribution < 1.29 is 4.74 Å². The Bertz CT molecular complexity index is 482. The first kappa shape index (κ1) is 12.2. The monoisotopic (exact) mass is 294 g/mol. The van der Waals surface area contributed by atoms with Crippen LogP contribution in [0.15, 0.2) is 41.1 Å². The van der Waals surface area contributed by atoms with E-state index in [0.717, 1.165) is 28.8 Å². The van der Waals surface area contributed by atoms with E-state index in [2.05, 4.69) is 34.0 Å². The average molecular weight is 295 g/mol. The van der Waals surface area contributed by atoms with Crippen LogP contribution >= 0.6 is 15.9 Å². The van der Waals surface area contributed by atoms with E-state index >= 15 is 0 Å². The molecule has 1 aromatic heterocycles. The Kier molecular flexibility index (Phi) is 4.20. The van der Waals surface area contributed by atoms with E-state index in [1.165, 1.54) is 0 Å². The Labute approximate surface area is 110 Å². The molecule has 0 atom stereocenters. The minimum atomic E-state index is 0.567. The smallest absolute Gasteiger partial charge is 0.157 e. The van der Waals surface area contributed by atoms with Gasteiger partial charge in [-0.05, 0) is 24.1 Å². The maximum atomic E-state index is 5.67. The molecular weight excluding hydrogens is 280 g/mol. The molecule has 17 heavy (non-hydrogen) atoms. The number of hydrogen-bond donors (Lipinski definition) is 0. The number of aryl methyl sites for hydroxylation is 1. The summed E-state index contributed by atoms with van der Waals surface area (Å²) in [4.78, 5) is 0. The summed E-state index contributed by atoms with van der Waals surface area (Å²) in [5.74, 6) is 0.818. The Hall–Kier alpha value is -1.29. The van der Waals surface area contributed by atoms with Gasteiger partial charge in [-0.1, -0.05) is 35.0 Å². The minimum absolute atomic E-state index is 0.567. The highest BCUT2D eigenvalue weighted by molar-refractivity contribution is 9.10. The van der Waals surface area contributed by atoms with E-state index in [-0.39, 0.29) is 0 Å². The number of nitrogens with zero attached hydrogens (tertiary/aromatic N) is 2. The third-order valence-electron chi connectivity index (χ3n) is 2.36. The van der Waals surface area contributed by atoms with Crippen LogP contribution in [0.4, 0.5) is 0 Å². The molecule has 0 aliphatic rings. The van der Waals surface area contributed by atoms with Crippen LogP contribution in [0.1, 0.15) is 18.9 Å². The van der Waals surface area contributed by atoms with E-state index < -0.39 is 0 Å². The van der Waals surface area contributed by atoms with Gasteiger partial charge in [0, 0.05) is 11.0 Å². The van der Waals surface area contributed by atoms with Gasteiger partial charge in [-0.15, -0.1) is 0 Å². The van der Waals surface area contributed by atoms with Crippen molar-refractivity contribution in [2.45, 2.75) is 26.5 Å². The zero-order valence-corrected chi connectivity index (χ0v) is 11.4. The van der Waals surface area contributed by atoms with Crippen molar-refractivity contribution in [3.8, 4) is 5.75 Å². The SMILES string of the molecule is CCCn1cc(OCc2cccc(Br)c2)cn1. The van der Waals surface area contributed by atoms with Crippen molar-refractivity contribution >= 4 is 15.9 Å². The lowest BCUT2D eigenvalue weighted by Crippen LogP contribution is -1.96. The fourth-order valence-corrected chi connectivity index (χ4v) is 2.01. The van der Waals surface area contributed by atoms with Gasteiger partial charge in [-0.25, -0.2) is 0 Å². The Morgan fingerprint density at radius 2 is 2.29 bits per heavy atom. The van der Waals surface area contributed by atoms with Crippen LogP contribution in [0, 0.1) is 0 Å². The largest absolute Gasteiger partial charge is 0.486 e. The summed E-state index contributed by atoms with van der Waals surface area (Å²) < 4.78 is 8.64. The second-order valence-electron chi connectivity index (χ2n) is 3.86. The number of halogens is 1. The van der Waals surface area contributed by atoms with Gasteiger partial charge in [0.25, 0.3) is 0 Å². The zero-order chi connectivity index (χ0) is 12.1. The molecule has 0 amide bonds. The molecule has 2 aromatic rings. The summed E-state index contributed by atoms with van der Waals surface area (Å²) in [5, 5.41) is 4.22. The van der Waals surface area contributed by atoms with Gasteiger partial charge < -0.3 is 4.74 Å². The molecule has 0 saturated heterocycles. The van der Waals surface area contributed by atoms with Crippen LogP contribution in [0.25, 0.3) is 0 Å². The normalized spacial score (nSPS) is 10.5. The Balaban J connectivity index is 1.93. The first-order valence-electron chi connectivity index (χ1n) is 5.67. The standard InChI is InChI=1S/C13H15BrN2O/c1-2-6-16-9-13(8-15-16)17-10-11-4-3-5-12(14)7-11/h3-5,7-9H,2,6,10H2,1H3. The van der Waals surface area contributed by atoms with E-state index in [1.807, 2.05) is 29.1 Å². The van der Waals surface area contributed by atoms with Crippen molar-refractivity contribution in [3.63, 3.8) is 0 Å². The molecule has 0 spiro atoms. The van der Waals surface area contributed by atoms with E-state index in [0.29, 0.717) is 6.61 Å². The van der Waals surface area contributed by atoms with Crippen LogP contribution in [0.5, 0.6) is 5.75 Å². The number of benzene rings is 1. The first-order chi connectivity index (χ1) is 8.28. The number of hydrogen-bond acceptors (Lipinski definition) is 2. The number of rotatable bonds is 5. The van der Waals surface area contributed by atoms with Crippen LogP contribution in [0.3, 0.4) is 0 Å². The lowest BCUT2D eigenvalue weighted by Gasteiger charge is -2.03. The topological polar surface area (TPSA) is 27.1 Å². The maximum Gasteiger partial charge on any atom is 0.157 e. The lowest BCUT2D eigenvalue weighted by molar-refractivity contribution is 0.305. The highest BCUT2D eigenvalue weighted by Gasteiger charge is 2.00. The van der Waals surface area contributed by atoms with E-state index in [1.54, 1.807) is 6.20 Å². The second kappa shape index (κ2) is 5.87. The highest BCUT2D eigenvalue weighted by Crippen LogP contribution is 2.15. The second-order valence-corrected chi connectivity index (χ2v) is 4.77. The first-order valence-corrected chi connectivity index (χ1v) is 6.47. The quantitative estimate of drug-likeness (QED) is 0.842. The van der Waals surface area contributed by atoms with Crippen molar-refractivity contribution in [3.05, 3.63) is 46.7 Å². The molecule has 0 N–H and O–H groups in total. The third kappa shape index (κ3) is 3.60. The van der Waals surface area contributed by atoms with Crippen LogP contribution in [0.2, 0.25) is 0 Å².